The van der Waals surface area contributed by atoms with Crippen LogP contribution in [-0.2, 0) is 32.9 Å². The third-order valence-electron chi connectivity index (χ3n) is 9.42. The molecule has 1 aliphatic rings. The van der Waals surface area contributed by atoms with Gasteiger partial charge in [-0.05, 0) is 25.5 Å². The number of para-hydroxylation sites is 1. The van der Waals surface area contributed by atoms with Gasteiger partial charge in [-0.15, -0.1) is 0 Å². The highest BCUT2D eigenvalue weighted by molar-refractivity contribution is 8.77. The van der Waals surface area contributed by atoms with E-state index in [2.05, 4.69) is 11.9 Å². The molecule has 56 heavy (non-hydrogen) atoms. The summed E-state index contributed by atoms with van der Waals surface area (Å²) < 4.78 is 41.5. The second-order valence-electron chi connectivity index (χ2n) is 14.4. The number of H-pyrrole nitrogens is 1. The minimum absolute atomic E-state index is 0.0606. The number of halogens is 1. The van der Waals surface area contributed by atoms with Crippen LogP contribution in [0.15, 0.2) is 46.1 Å². The molecular formula is C39H60ClN2O11PS2. The fourth-order valence-corrected chi connectivity index (χ4v) is 10.7. The SMILES string of the molecule is CCCCCCCCCCCCCCCCCCSSC(C)(COP(=O)(O)Oc1ccccc1Cl)C1OC(n2ccc(=O)[nH]c2=O)[C@H](OC(C)=O)[C@H]1OC(C)=O. The lowest BCUT2D eigenvalue weighted by Gasteiger charge is -2.36. The molecule has 2 heterocycles. The van der Waals surface area contributed by atoms with Gasteiger partial charge < -0.3 is 18.7 Å². The molecule has 0 spiro atoms. The van der Waals surface area contributed by atoms with Gasteiger partial charge >= 0.3 is 25.5 Å². The van der Waals surface area contributed by atoms with Crippen LogP contribution < -0.4 is 15.8 Å². The third kappa shape index (κ3) is 16.9. The van der Waals surface area contributed by atoms with Gasteiger partial charge in [0, 0.05) is 31.9 Å². The van der Waals surface area contributed by atoms with Gasteiger partial charge in [0.05, 0.1) is 16.4 Å². The van der Waals surface area contributed by atoms with Crippen molar-refractivity contribution in [2.75, 3.05) is 12.4 Å². The molecule has 0 aliphatic carbocycles. The molecule has 1 fully saturated rings. The van der Waals surface area contributed by atoms with Gasteiger partial charge in [0.2, 0.25) is 0 Å². The van der Waals surface area contributed by atoms with Crippen molar-refractivity contribution in [1.29, 1.82) is 0 Å². The van der Waals surface area contributed by atoms with E-state index in [0.29, 0.717) is 0 Å². The van der Waals surface area contributed by atoms with Gasteiger partial charge in [0.25, 0.3) is 5.56 Å². The minimum Gasteiger partial charge on any atom is -0.456 e. The molecule has 1 aliphatic heterocycles. The number of nitrogens with zero attached hydrogens (tertiary/aromatic N) is 1. The van der Waals surface area contributed by atoms with E-state index in [1.807, 2.05) is 0 Å². The molecule has 1 saturated heterocycles. The van der Waals surface area contributed by atoms with E-state index in [1.54, 1.807) is 19.1 Å². The highest BCUT2D eigenvalue weighted by Crippen LogP contribution is 2.52. The van der Waals surface area contributed by atoms with Gasteiger partial charge in [0.1, 0.15) is 11.9 Å². The number of hydrogen-bond donors (Lipinski definition) is 2. The number of nitrogens with one attached hydrogen (secondary N) is 1. The minimum atomic E-state index is -4.78. The van der Waals surface area contributed by atoms with Crippen LogP contribution in [0.2, 0.25) is 5.02 Å². The summed E-state index contributed by atoms with van der Waals surface area (Å²) in [4.78, 5) is 62.5. The number of carbonyl (C=O) groups excluding carboxylic acids is 2. The summed E-state index contributed by atoms with van der Waals surface area (Å²) >= 11 is 6.15. The standard InChI is InChI=1S/C39H60ClN2O11PS2/c1-5-6-7-8-9-10-11-12-13-14-15-16-17-18-19-22-27-55-56-39(4,28-49-54(47,48)53-32-24-21-20-23-31(32)40)36-34(50-29(2)43)35(51-30(3)44)37(52-36)42-26-25-33(45)41-38(42)46/h20-21,23-26,34-37H,5-19,22,27-28H2,1-4H3,(H,47,48)(H,41,45,46)/t34-,35-,36?,37?,39?/m1/s1. The number of phosphoric acid groups is 1. The predicted molar refractivity (Wildman–Crippen MR) is 222 cm³/mol. The average molecular weight is 863 g/mol. The van der Waals surface area contributed by atoms with Gasteiger partial charge in [-0.1, -0.05) is 149 Å². The lowest BCUT2D eigenvalue weighted by Crippen LogP contribution is -2.50. The van der Waals surface area contributed by atoms with Gasteiger partial charge in [-0.2, -0.15) is 0 Å². The Morgan fingerprint density at radius 3 is 1.95 bits per heavy atom. The molecule has 1 aromatic heterocycles. The molecule has 2 aromatic rings. The Morgan fingerprint density at radius 2 is 1.41 bits per heavy atom. The summed E-state index contributed by atoms with van der Waals surface area (Å²) in [7, 11) is -2.00. The van der Waals surface area contributed by atoms with Crippen molar-refractivity contribution in [3.05, 3.63) is 62.4 Å². The smallest absolute Gasteiger partial charge is 0.456 e. The molecule has 4 unspecified atom stereocenters. The molecule has 316 valence electrons. The fraction of sp³-hybridized carbons (Fsp3) is 0.692. The number of rotatable bonds is 28. The van der Waals surface area contributed by atoms with Crippen molar-refractivity contribution < 1.29 is 42.3 Å². The third-order valence-corrected chi connectivity index (χ3v) is 13.9. The monoisotopic (exact) mass is 862 g/mol. The van der Waals surface area contributed by atoms with Crippen molar-refractivity contribution in [2.24, 2.45) is 0 Å². The summed E-state index contributed by atoms with van der Waals surface area (Å²) in [6.45, 7) is 5.81. The van der Waals surface area contributed by atoms with E-state index in [4.69, 9.17) is 34.9 Å². The van der Waals surface area contributed by atoms with Crippen LogP contribution in [0, 0.1) is 0 Å². The van der Waals surface area contributed by atoms with E-state index >= 15 is 0 Å². The van der Waals surface area contributed by atoms with Crippen LogP contribution in [0.5, 0.6) is 5.75 Å². The number of ether oxygens (including phenoxy) is 3. The van der Waals surface area contributed by atoms with Crippen molar-refractivity contribution in [2.45, 2.75) is 160 Å². The number of aromatic amines is 1. The maximum Gasteiger partial charge on any atom is 0.527 e. The van der Waals surface area contributed by atoms with E-state index in [1.165, 1.54) is 130 Å². The molecule has 1 aromatic carbocycles. The predicted octanol–water partition coefficient (Wildman–Crippen LogP) is 9.55. The molecule has 3 rings (SSSR count). The summed E-state index contributed by atoms with van der Waals surface area (Å²) in [6, 6.07) is 7.24. The Morgan fingerprint density at radius 1 is 0.875 bits per heavy atom. The first-order valence-electron chi connectivity index (χ1n) is 19.8. The molecule has 0 saturated carbocycles. The highest BCUT2D eigenvalue weighted by atomic mass is 35.5. The molecule has 0 bridgehead atoms. The maximum atomic E-state index is 13.2. The molecule has 2 N–H and O–H groups in total. The number of carbonyl (C=O) groups is 2. The lowest BCUT2D eigenvalue weighted by molar-refractivity contribution is -0.165. The number of unbranched alkanes of at least 4 members (excludes halogenated alkanes) is 15. The Bertz CT molecular complexity index is 1660. The second-order valence-corrected chi connectivity index (χ2v) is 19.1. The van der Waals surface area contributed by atoms with Gasteiger partial charge in [-0.25, -0.2) is 9.36 Å². The van der Waals surface area contributed by atoms with E-state index in [9.17, 15) is 28.6 Å². The topological polar surface area (TPSA) is 172 Å². The van der Waals surface area contributed by atoms with Crippen LogP contribution in [0.3, 0.4) is 0 Å². The van der Waals surface area contributed by atoms with Crippen molar-refractivity contribution >= 4 is 53.0 Å². The highest BCUT2D eigenvalue weighted by Gasteiger charge is 2.58. The maximum absolute atomic E-state index is 13.2. The Labute approximate surface area is 343 Å². The molecule has 13 nitrogen and oxygen atoms in total. The van der Waals surface area contributed by atoms with Crippen molar-refractivity contribution in [3.8, 4) is 5.75 Å². The van der Waals surface area contributed by atoms with Crippen molar-refractivity contribution in [3.63, 3.8) is 0 Å². The fourth-order valence-electron chi connectivity index (χ4n) is 6.54. The summed E-state index contributed by atoms with van der Waals surface area (Å²) in [5.74, 6) is -0.795. The van der Waals surface area contributed by atoms with Crippen LogP contribution in [-0.4, -0.2) is 61.8 Å². The first kappa shape index (κ1) is 48.1. The summed E-state index contributed by atoms with van der Waals surface area (Å²) in [5, 5.41) is 0.101. The van der Waals surface area contributed by atoms with E-state index in [0.717, 1.165) is 42.6 Å². The number of aromatic nitrogens is 2. The first-order valence-corrected chi connectivity index (χ1v) is 24.0. The van der Waals surface area contributed by atoms with Crippen molar-refractivity contribution in [1.82, 2.24) is 9.55 Å². The Hall–Kier alpha value is -2.26. The number of benzene rings is 1. The Balaban J connectivity index is 1.64. The summed E-state index contributed by atoms with van der Waals surface area (Å²) in [5.41, 5.74) is -1.50. The molecule has 0 radical (unpaired) electrons. The van der Waals surface area contributed by atoms with Crippen LogP contribution in [0.1, 0.15) is 137 Å². The molecule has 17 heteroatoms. The first-order chi connectivity index (χ1) is 26.8. The van der Waals surface area contributed by atoms with Gasteiger partial charge in [0.15, 0.2) is 18.4 Å². The van der Waals surface area contributed by atoms with E-state index in [-0.39, 0.29) is 10.8 Å². The largest absolute Gasteiger partial charge is 0.527 e. The second kappa shape index (κ2) is 25.3. The summed E-state index contributed by atoms with van der Waals surface area (Å²) in [6.07, 6.45) is 16.2. The number of hydrogen-bond acceptors (Lipinski definition) is 12. The van der Waals surface area contributed by atoms with Crippen LogP contribution in [0.25, 0.3) is 0 Å². The van der Waals surface area contributed by atoms with Crippen LogP contribution >= 0.6 is 41.0 Å². The normalized spacial score (nSPS) is 20.2. The Kier molecular flexibility index (Phi) is 21.7. The molecule has 0 amide bonds. The van der Waals surface area contributed by atoms with E-state index < -0.39 is 66.9 Å². The zero-order valence-electron chi connectivity index (χ0n) is 33.1. The quantitative estimate of drug-likeness (QED) is 0.0359. The zero-order chi connectivity index (χ0) is 41.0. The number of phosphoric ester groups is 1. The van der Waals surface area contributed by atoms with Gasteiger partial charge in [-0.3, -0.25) is 33.4 Å². The number of esters is 2. The molecular weight excluding hydrogens is 803 g/mol. The average Bonchev–Trinajstić information content (AvgIpc) is 3.47. The van der Waals surface area contributed by atoms with Crippen LogP contribution in [0.4, 0.5) is 0 Å². The molecule has 6 atom stereocenters. The lowest BCUT2D eigenvalue weighted by atomic mass is 9.97. The zero-order valence-corrected chi connectivity index (χ0v) is 36.4.